The average Bonchev–Trinajstić information content (AvgIpc) is 4.01. The van der Waals surface area contributed by atoms with Crippen LogP contribution in [-0.2, 0) is 42.7 Å². The van der Waals surface area contributed by atoms with Crippen LogP contribution in [-0.4, -0.2) is 9.55 Å². The second-order valence-corrected chi connectivity index (χ2v) is 25.4. The van der Waals surface area contributed by atoms with E-state index in [1.54, 1.807) is 0 Å². The Hall–Kier alpha value is -6.98. The second kappa shape index (κ2) is 19.2. The molecule has 0 spiro atoms. The van der Waals surface area contributed by atoms with E-state index >= 15 is 0 Å². The van der Waals surface area contributed by atoms with Gasteiger partial charge in [0.25, 0.3) is 0 Å². The Kier molecular flexibility index (Phi) is 11.5. The molecule has 77 heavy (non-hydrogen) atoms. The van der Waals surface area contributed by atoms with E-state index in [1.807, 2.05) is 54.5 Å². The van der Waals surface area contributed by atoms with Gasteiger partial charge < -0.3 is 19.1 Å². The SMILES string of the molecule is [2H]c1c([2H])c([2H])c(-c2cccc(-c3cc(C(C)(C)C)cc(C(C)(C)C)c3)c2N2[CH-]N(c3[c-]c(Oc4[c-]c5c(cc4)c4c6sc7ccccc7c6ccc4n5-c4cc(C(C)(C)C)ccn4)cc(C(C)(C)C)c3)c3ccccc32)c([2H])c1[2H].[Pt]. The molecular formula is C70H65N4OPtS-3. The first-order valence-electron chi connectivity index (χ1n) is 28.7. The molecule has 0 atom stereocenters. The van der Waals surface area contributed by atoms with Gasteiger partial charge in [-0.2, -0.15) is 6.07 Å². The van der Waals surface area contributed by atoms with E-state index in [-0.39, 0.29) is 60.4 Å². The first kappa shape index (κ1) is 46.1. The summed E-state index contributed by atoms with van der Waals surface area (Å²) in [4.78, 5) is 9.23. The van der Waals surface area contributed by atoms with Crippen LogP contribution in [0, 0.1) is 18.8 Å². The minimum Gasteiger partial charge on any atom is -0.509 e. The summed E-state index contributed by atoms with van der Waals surface area (Å²) in [6, 6.07) is 52.2. The number of nitrogens with zero attached hydrogens (tertiary/aromatic N) is 4. The molecule has 0 aliphatic carbocycles. The molecule has 7 heteroatoms. The van der Waals surface area contributed by atoms with Crippen molar-refractivity contribution in [2.24, 2.45) is 0 Å². The zero-order valence-electron chi connectivity index (χ0n) is 50.8. The van der Waals surface area contributed by atoms with Crippen molar-refractivity contribution >= 4 is 76.1 Å². The third-order valence-corrected chi connectivity index (χ3v) is 16.0. The van der Waals surface area contributed by atoms with Gasteiger partial charge in [-0.1, -0.05) is 192 Å². The van der Waals surface area contributed by atoms with Gasteiger partial charge >= 0.3 is 0 Å². The predicted molar refractivity (Wildman–Crippen MR) is 323 cm³/mol. The third kappa shape index (κ3) is 9.46. The predicted octanol–water partition coefficient (Wildman–Crippen LogP) is 19.9. The van der Waals surface area contributed by atoms with Gasteiger partial charge in [0.2, 0.25) is 0 Å². The van der Waals surface area contributed by atoms with E-state index in [0.29, 0.717) is 22.7 Å². The van der Waals surface area contributed by atoms with Crippen LogP contribution in [0.15, 0.2) is 170 Å². The Morgan fingerprint density at radius 3 is 1.86 bits per heavy atom. The largest absolute Gasteiger partial charge is 0.509 e. The maximum absolute atomic E-state index is 9.34. The van der Waals surface area contributed by atoms with Gasteiger partial charge in [0.15, 0.2) is 0 Å². The van der Waals surface area contributed by atoms with Gasteiger partial charge in [0.1, 0.15) is 5.82 Å². The molecule has 0 radical (unpaired) electrons. The molecule has 0 N–H and O–H groups in total. The molecule has 0 saturated heterocycles. The topological polar surface area (TPSA) is 33.5 Å². The molecule has 4 heterocycles. The number of ether oxygens (including phenoxy) is 1. The number of anilines is 4. The van der Waals surface area contributed by atoms with E-state index in [4.69, 9.17) is 13.8 Å². The minimum absolute atomic E-state index is 0. The van der Waals surface area contributed by atoms with Crippen molar-refractivity contribution in [3.63, 3.8) is 0 Å². The van der Waals surface area contributed by atoms with Gasteiger partial charge in [-0.15, -0.1) is 65.0 Å². The van der Waals surface area contributed by atoms with Crippen LogP contribution >= 0.6 is 11.3 Å². The van der Waals surface area contributed by atoms with E-state index in [2.05, 4.69) is 213 Å². The van der Waals surface area contributed by atoms with Crippen LogP contribution < -0.4 is 14.5 Å². The smallest absolute Gasteiger partial charge is 0.135 e. The van der Waals surface area contributed by atoms with Crippen LogP contribution in [0.5, 0.6) is 11.5 Å². The van der Waals surface area contributed by atoms with Crippen LogP contribution in [0.1, 0.15) is 112 Å². The molecule has 1 aliphatic heterocycles. The molecule has 3 aromatic heterocycles. The maximum atomic E-state index is 9.34. The van der Waals surface area contributed by atoms with Gasteiger partial charge in [-0.05, 0) is 91.3 Å². The molecule has 0 amide bonds. The zero-order valence-corrected chi connectivity index (χ0v) is 48.9. The number of thiophene rings is 1. The molecule has 5 nitrogen and oxygen atoms in total. The summed E-state index contributed by atoms with van der Waals surface area (Å²) < 4.78 is 56.6. The number of benzene rings is 8. The number of aromatic nitrogens is 2. The quantitative estimate of drug-likeness (QED) is 0.149. The van der Waals surface area contributed by atoms with Gasteiger partial charge in [0, 0.05) is 92.6 Å². The van der Waals surface area contributed by atoms with Crippen molar-refractivity contribution in [3.05, 3.63) is 211 Å². The van der Waals surface area contributed by atoms with E-state index in [0.717, 1.165) is 72.5 Å². The molecule has 1 aliphatic rings. The summed E-state index contributed by atoms with van der Waals surface area (Å²) in [6.07, 6.45) is 1.90. The molecule has 8 aromatic carbocycles. The van der Waals surface area contributed by atoms with Crippen molar-refractivity contribution in [1.82, 2.24) is 9.55 Å². The molecule has 0 saturated carbocycles. The Balaban J connectivity index is 0.00000705. The molecular weight excluding hydrogens is 1140 g/mol. The molecule has 0 bridgehead atoms. The van der Waals surface area contributed by atoms with Gasteiger partial charge in [-0.25, -0.2) is 4.98 Å². The summed E-state index contributed by atoms with van der Waals surface area (Å²) in [5, 5.41) is 4.66. The van der Waals surface area contributed by atoms with Crippen molar-refractivity contribution in [3.8, 4) is 39.6 Å². The van der Waals surface area contributed by atoms with Crippen molar-refractivity contribution in [2.45, 2.75) is 105 Å². The Labute approximate surface area is 480 Å². The second-order valence-electron chi connectivity index (χ2n) is 24.3. The summed E-state index contributed by atoms with van der Waals surface area (Å²) in [6.45, 7) is 28.6. The summed E-state index contributed by atoms with van der Waals surface area (Å²) >= 11 is 1.81. The molecule has 11 aromatic rings. The third-order valence-electron chi connectivity index (χ3n) is 14.8. The molecule has 0 unspecified atom stereocenters. The Morgan fingerprint density at radius 1 is 0.545 bits per heavy atom. The maximum Gasteiger partial charge on any atom is 0.135 e. The Bertz CT molecular complexity index is 4320. The number of hydrogen-bond donors (Lipinski definition) is 0. The first-order chi connectivity index (χ1) is 38.3. The van der Waals surface area contributed by atoms with Gasteiger partial charge in [0.05, 0.1) is 6.85 Å². The van der Waals surface area contributed by atoms with E-state index < -0.39 is 18.1 Å². The number of fused-ring (bicyclic) bond motifs is 8. The number of rotatable bonds is 7. The normalized spacial score (nSPS) is 14.2. The fourth-order valence-electron chi connectivity index (χ4n) is 10.5. The van der Waals surface area contributed by atoms with Crippen LogP contribution in [0.2, 0.25) is 0 Å². The number of pyridine rings is 1. The number of para-hydroxylation sites is 3. The van der Waals surface area contributed by atoms with Crippen molar-refractivity contribution in [1.29, 1.82) is 0 Å². The summed E-state index contributed by atoms with van der Waals surface area (Å²) in [5.41, 5.74) is 11.1. The fraction of sp³-hybridized carbons (Fsp3) is 0.229. The summed E-state index contributed by atoms with van der Waals surface area (Å²) in [5.74, 6) is 1.84. The molecule has 390 valence electrons. The minimum atomic E-state index is -0.438. The van der Waals surface area contributed by atoms with Crippen LogP contribution in [0.3, 0.4) is 0 Å². The first-order valence-corrected chi connectivity index (χ1v) is 27.0. The van der Waals surface area contributed by atoms with E-state index in [1.165, 1.54) is 25.7 Å². The standard InChI is InChI=1S/C70H65N4OS.Pt/c1-67(2,3)46-33-34-71-63(40-46)74-60-32-31-56-55-23-16-19-28-62(55)76-66(56)64(60)57-30-29-51(42-61(57)74)75-52-39-49(70(10,11)12)38-50(41-52)72-43-73(59-27-18-17-26-58(59)72)65-53(44-21-14-13-15-22-44)24-20-25-54(65)45-35-47(68(4,5)6)37-48(36-45)69(7,8)9;/h13-40,43H,1-12H3;/q-3;/i13D,14D,15D,21D,22D;. The summed E-state index contributed by atoms with van der Waals surface area (Å²) in [7, 11) is 0. The molecule has 12 rings (SSSR count). The van der Waals surface area contributed by atoms with Crippen molar-refractivity contribution in [2.75, 3.05) is 9.80 Å². The Morgan fingerprint density at radius 2 is 1.17 bits per heavy atom. The number of hydrogen-bond acceptors (Lipinski definition) is 5. The van der Waals surface area contributed by atoms with E-state index in [9.17, 15) is 2.74 Å². The average molecular weight is 1210 g/mol. The van der Waals surface area contributed by atoms with Crippen molar-refractivity contribution < 1.29 is 32.7 Å². The van der Waals surface area contributed by atoms with Gasteiger partial charge in [-0.3, -0.25) is 0 Å². The van der Waals surface area contributed by atoms with Crippen LogP contribution in [0.4, 0.5) is 22.7 Å². The zero-order chi connectivity index (χ0) is 57.4. The van der Waals surface area contributed by atoms with Crippen LogP contribution in [0.25, 0.3) is 70.0 Å². The monoisotopic (exact) mass is 1210 g/mol. The molecule has 0 fully saturated rings. The fourth-order valence-corrected chi connectivity index (χ4v) is 11.8.